The van der Waals surface area contributed by atoms with Gasteiger partial charge in [0.15, 0.2) is 5.15 Å². The molecule has 1 rings (SSSR count). The highest BCUT2D eigenvalue weighted by atomic mass is 35.5. The van der Waals surface area contributed by atoms with Crippen LogP contribution >= 0.6 is 11.6 Å². The van der Waals surface area contributed by atoms with Crippen LogP contribution in [0.4, 0.5) is 0 Å². The molecule has 1 unspecified atom stereocenters. The molecule has 0 spiro atoms. The van der Waals surface area contributed by atoms with Crippen molar-refractivity contribution in [1.82, 2.24) is 9.97 Å². The van der Waals surface area contributed by atoms with Crippen LogP contribution in [-0.2, 0) is 0 Å². The molecule has 12 heavy (non-hydrogen) atoms. The Morgan fingerprint density at radius 3 is 2.92 bits per heavy atom. The zero-order chi connectivity index (χ0) is 8.97. The Hall–Kier alpha value is -0.830. The van der Waals surface area contributed by atoms with E-state index in [0.29, 0.717) is 11.0 Å². The highest BCUT2D eigenvalue weighted by Gasteiger charge is 2.02. The Balaban J connectivity index is 2.63. The van der Waals surface area contributed by atoms with Crippen molar-refractivity contribution in [3.8, 4) is 5.88 Å². The summed E-state index contributed by atoms with van der Waals surface area (Å²) in [7, 11) is 0. The molecule has 0 aromatic carbocycles. The quantitative estimate of drug-likeness (QED) is 0.727. The molecule has 1 heterocycles. The van der Waals surface area contributed by atoms with Crippen molar-refractivity contribution in [1.29, 1.82) is 0 Å². The lowest BCUT2D eigenvalue weighted by Gasteiger charge is -2.10. The van der Waals surface area contributed by atoms with Crippen LogP contribution in [0, 0.1) is 0 Å². The molecule has 0 bridgehead atoms. The number of halogens is 1. The van der Waals surface area contributed by atoms with Gasteiger partial charge in [-0.1, -0.05) is 18.5 Å². The Morgan fingerprint density at radius 1 is 1.58 bits per heavy atom. The van der Waals surface area contributed by atoms with Crippen molar-refractivity contribution in [3.05, 3.63) is 17.5 Å². The van der Waals surface area contributed by atoms with E-state index < -0.39 is 0 Å². The van der Waals surface area contributed by atoms with E-state index in [4.69, 9.17) is 16.3 Å². The molecule has 1 aromatic heterocycles. The summed E-state index contributed by atoms with van der Waals surface area (Å²) in [6.07, 6.45) is 4.12. The molecular formula is C8H11ClN2O. The van der Waals surface area contributed by atoms with E-state index in [1.54, 1.807) is 6.20 Å². The van der Waals surface area contributed by atoms with Crippen molar-refractivity contribution in [2.45, 2.75) is 26.4 Å². The first kappa shape index (κ1) is 9.26. The van der Waals surface area contributed by atoms with Crippen molar-refractivity contribution in [3.63, 3.8) is 0 Å². The molecule has 0 saturated heterocycles. The van der Waals surface area contributed by atoms with Crippen LogP contribution in [0.1, 0.15) is 20.3 Å². The Morgan fingerprint density at radius 2 is 2.33 bits per heavy atom. The first-order valence-electron chi connectivity index (χ1n) is 3.86. The molecular weight excluding hydrogens is 176 g/mol. The maximum atomic E-state index is 5.62. The highest BCUT2D eigenvalue weighted by molar-refractivity contribution is 6.29. The molecule has 4 heteroatoms. The van der Waals surface area contributed by atoms with Gasteiger partial charge in [-0.15, -0.1) is 0 Å². The normalized spacial score (nSPS) is 12.6. The summed E-state index contributed by atoms with van der Waals surface area (Å²) in [4.78, 5) is 7.79. The maximum absolute atomic E-state index is 5.62. The second-order valence-electron chi connectivity index (χ2n) is 2.52. The summed E-state index contributed by atoms with van der Waals surface area (Å²) in [5, 5.41) is 0.357. The number of nitrogens with zero attached hydrogens (tertiary/aromatic N) is 2. The molecule has 66 valence electrons. The topological polar surface area (TPSA) is 35.0 Å². The minimum absolute atomic E-state index is 0.151. The van der Waals surface area contributed by atoms with Gasteiger partial charge in [0, 0.05) is 0 Å². The number of rotatable bonds is 3. The first-order valence-corrected chi connectivity index (χ1v) is 4.24. The largest absolute Gasteiger partial charge is 0.474 e. The zero-order valence-corrected chi connectivity index (χ0v) is 7.88. The summed E-state index contributed by atoms with van der Waals surface area (Å²) in [5.74, 6) is 0.483. The number of hydrogen-bond donors (Lipinski definition) is 0. The molecule has 1 atom stereocenters. The molecule has 1 aromatic rings. The number of ether oxygens (including phenoxy) is 1. The summed E-state index contributed by atoms with van der Waals surface area (Å²) < 4.78 is 5.39. The molecule has 0 aliphatic heterocycles. The minimum Gasteiger partial charge on any atom is -0.474 e. The third-order valence-corrected chi connectivity index (χ3v) is 1.66. The van der Waals surface area contributed by atoms with E-state index in [9.17, 15) is 0 Å². The summed E-state index contributed by atoms with van der Waals surface area (Å²) in [6, 6.07) is 0. The second-order valence-corrected chi connectivity index (χ2v) is 2.90. The molecule has 0 amide bonds. The third kappa shape index (κ3) is 2.66. The fourth-order valence-corrected chi connectivity index (χ4v) is 0.811. The van der Waals surface area contributed by atoms with Crippen LogP contribution in [0.15, 0.2) is 12.4 Å². The van der Waals surface area contributed by atoms with Crippen LogP contribution in [0.5, 0.6) is 5.88 Å². The molecule has 0 fully saturated rings. The van der Waals surface area contributed by atoms with Gasteiger partial charge < -0.3 is 4.74 Å². The van der Waals surface area contributed by atoms with E-state index in [1.165, 1.54) is 6.20 Å². The molecule has 3 nitrogen and oxygen atoms in total. The van der Waals surface area contributed by atoms with Crippen molar-refractivity contribution in [2.24, 2.45) is 0 Å². The minimum atomic E-state index is 0.151. The van der Waals surface area contributed by atoms with Crippen LogP contribution in [0.3, 0.4) is 0 Å². The Labute approximate surface area is 76.7 Å². The van der Waals surface area contributed by atoms with E-state index in [-0.39, 0.29) is 6.10 Å². The van der Waals surface area contributed by atoms with Crippen LogP contribution in [0.2, 0.25) is 5.15 Å². The standard InChI is InChI=1S/C8H11ClN2O/c1-3-6(2)12-8-5-10-4-7(9)11-8/h4-6H,3H2,1-2H3. The molecule has 0 radical (unpaired) electrons. The number of hydrogen-bond acceptors (Lipinski definition) is 3. The lowest BCUT2D eigenvalue weighted by Crippen LogP contribution is -2.10. The SMILES string of the molecule is CCC(C)Oc1cncc(Cl)n1. The Kier molecular flexibility index (Phi) is 3.29. The summed E-state index contributed by atoms with van der Waals surface area (Å²) >= 11 is 5.62. The van der Waals surface area contributed by atoms with Crippen LogP contribution in [0.25, 0.3) is 0 Å². The lowest BCUT2D eigenvalue weighted by molar-refractivity contribution is 0.208. The van der Waals surface area contributed by atoms with Gasteiger partial charge in [0.2, 0.25) is 5.88 Å². The fraction of sp³-hybridized carbons (Fsp3) is 0.500. The Bertz CT molecular complexity index is 255. The smallest absolute Gasteiger partial charge is 0.233 e. The van der Waals surface area contributed by atoms with Gasteiger partial charge in [-0.2, -0.15) is 4.98 Å². The van der Waals surface area contributed by atoms with Gasteiger partial charge in [0.05, 0.1) is 18.5 Å². The zero-order valence-electron chi connectivity index (χ0n) is 7.12. The summed E-state index contributed by atoms with van der Waals surface area (Å²) in [6.45, 7) is 4.02. The maximum Gasteiger partial charge on any atom is 0.233 e. The molecule has 0 aliphatic rings. The van der Waals surface area contributed by atoms with Gasteiger partial charge >= 0.3 is 0 Å². The third-order valence-electron chi connectivity index (χ3n) is 1.48. The second kappa shape index (κ2) is 4.26. The van der Waals surface area contributed by atoms with E-state index in [0.717, 1.165) is 6.42 Å². The lowest BCUT2D eigenvalue weighted by atomic mass is 10.3. The molecule has 0 saturated carbocycles. The van der Waals surface area contributed by atoms with Crippen molar-refractivity contribution < 1.29 is 4.74 Å². The summed E-state index contributed by atoms with van der Waals surface area (Å²) in [5.41, 5.74) is 0. The molecule has 0 N–H and O–H groups in total. The van der Waals surface area contributed by atoms with Crippen molar-refractivity contribution in [2.75, 3.05) is 0 Å². The predicted molar refractivity (Wildman–Crippen MR) is 47.4 cm³/mol. The fourth-order valence-electron chi connectivity index (χ4n) is 0.672. The van der Waals surface area contributed by atoms with E-state index >= 15 is 0 Å². The molecule has 0 aliphatic carbocycles. The van der Waals surface area contributed by atoms with Gasteiger partial charge in [-0.25, -0.2) is 0 Å². The van der Waals surface area contributed by atoms with Gasteiger partial charge in [0.1, 0.15) is 0 Å². The van der Waals surface area contributed by atoms with E-state index in [1.807, 2.05) is 13.8 Å². The average molecular weight is 187 g/mol. The van der Waals surface area contributed by atoms with Crippen LogP contribution < -0.4 is 4.74 Å². The predicted octanol–water partition coefficient (Wildman–Crippen LogP) is 2.31. The van der Waals surface area contributed by atoms with Gasteiger partial charge in [-0.3, -0.25) is 4.98 Å². The van der Waals surface area contributed by atoms with Gasteiger partial charge in [0.25, 0.3) is 0 Å². The van der Waals surface area contributed by atoms with Crippen LogP contribution in [-0.4, -0.2) is 16.1 Å². The first-order chi connectivity index (χ1) is 5.72. The van der Waals surface area contributed by atoms with E-state index in [2.05, 4.69) is 9.97 Å². The highest BCUT2D eigenvalue weighted by Crippen LogP contribution is 2.11. The van der Waals surface area contributed by atoms with Crippen molar-refractivity contribution >= 4 is 11.6 Å². The monoisotopic (exact) mass is 186 g/mol. The van der Waals surface area contributed by atoms with Gasteiger partial charge in [-0.05, 0) is 13.3 Å². The number of aromatic nitrogens is 2. The average Bonchev–Trinajstić information content (AvgIpc) is 2.04.